The average Bonchev–Trinajstić information content (AvgIpc) is 3.04. The number of ether oxygens (including phenoxy) is 1. The number of hydrogen-bond donors (Lipinski definition) is 2. The smallest absolute Gasteiger partial charge is 0.259 e. The fraction of sp³-hybridized carbons (Fsp3) is 0.350. The zero-order valence-corrected chi connectivity index (χ0v) is 14.7. The molecule has 0 heterocycles. The molecule has 0 saturated carbocycles. The first-order chi connectivity index (χ1) is 12.0. The lowest BCUT2D eigenvalue weighted by molar-refractivity contribution is 0.102. The van der Waals surface area contributed by atoms with Gasteiger partial charge in [-0.15, -0.1) is 0 Å². The van der Waals surface area contributed by atoms with Crippen LogP contribution in [0.3, 0.4) is 0 Å². The average molecular weight is 340 g/mol. The number of aromatic hydroxyl groups is 1. The fourth-order valence-electron chi connectivity index (χ4n) is 3.04. The van der Waals surface area contributed by atoms with Crippen LogP contribution in [-0.4, -0.2) is 43.2 Å². The molecule has 0 bridgehead atoms. The number of rotatable bonds is 6. The highest BCUT2D eigenvalue weighted by atomic mass is 16.5. The molecule has 0 aliphatic heterocycles. The number of hydrogen-bond acceptors (Lipinski definition) is 4. The molecule has 132 valence electrons. The minimum atomic E-state index is -0.308. The molecule has 0 fully saturated rings. The number of carbonyl (C=O) groups excluding carboxylic acids is 1. The molecule has 0 atom stereocenters. The van der Waals surface area contributed by atoms with Crippen molar-refractivity contribution >= 4 is 11.6 Å². The molecular weight excluding hydrogens is 316 g/mol. The number of amides is 1. The third-order valence-corrected chi connectivity index (χ3v) is 4.40. The van der Waals surface area contributed by atoms with Crippen LogP contribution >= 0.6 is 0 Å². The number of carbonyl (C=O) groups is 1. The van der Waals surface area contributed by atoms with Gasteiger partial charge in [0, 0.05) is 18.3 Å². The van der Waals surface area contributed by atoms with E-state index in [0.29, 0.717) is 23.6 Å². The van der Waals surface area contributed by atoms with Gasteiger partial charge >= 0.3 is 0 Å². The molecule has 5 heteroatoms. The molecule has 2 aromatic rings. The van der Waals surface area contributed by atoms with Gasteiger partial charge in [-0.25, -0.2) is 0 Å². The maximum atomic E-state index is 12.5. The standard InChI is InChI=1S/C20H24N2O3/c1-22(2)11-12-25-16-7-4-6-15(13-16)21-20(24)18-10-9-14-5-3-8-17(14)19(18)23/h4,6-7,9-10,13,23H,3,5,8,11-12H2,1-2H3,(H,21,24). The number of fused-ring (bicyclic) bond motifs is 1. The molecule has 2 aromatic carbocycles. The summed E-state index contributed by atoms with van der Waals surface area (Å²) in [6, 6.07) is 10.9. The van der Waals surface area contributed by atoms with Crippen LogP contribution in [0.15, 0.2) is 36.4 Å². The third-order valence-electron chi connectivity index (χ3n) is 4.40. The Balaban J connectivity index is 1.69. The first-order valence-electron chi connectivity index (χ1n) is 8.57. The van der Waals surface area contributed by atoms with E-state index in [1.807, 2.05) is 37.2 Å². The molecule has 0 aromatic heterocycles. The van der Waals surface area contributed by atoms with Crippen molar-refractivity contribution in [2.75, 3.05) is 32.6 Å². The molecule has 3 rings (SSSR count). The summed E-state index contributed by atoms with van der Waals surface area (Å²) >= 11 is 0. The molecule has 0 unspecified atom stereocenters. The lowest BCUT2D eigenvalue weighted by Crippen LogP contribution is -2.19. The van der Waals surface area contributed by atoms with E-state index in [2.05, 4.69) is 5.32 Å². The third kappa shape index (κ3) is 4.12. The van der Waals surface area contributed by atoms with E-state index < -0.39 is 0 Å². The SMILES string of the molecule is CN(C)CCOc1cccc(NC(=O)c2ccc3c(c2O)CCC3)c1. The van der Waals surface area contributed by atoms with Crippen LogP contribution in [0.4, 0.5) is 5.69 Å². The Morgan fingerprint density at radius 3 is 2.88 bits per heavy atom. The van der Waals surface area contributed by atoms with E-state index >= 15 is 0 Å². The second kappa shape index (κ2) is 7.57. The zero-order chi connectivity index (χ0) is 17.8. The predicted octanol–water partition coefficient (Wildman–Crippen LogP) is 3.07. The monoisotopic (exact) mass is 340 g/mol. The van der Waals surface area contributed by atoms with Gasteiger partial charge in [-0.2, -0.15) is 0 Å². The first kappa shape index (κ1) is 17.3. The molecule has 1 aliphatic rings. The summed E-state index contributed by atoms with van der Waals surface area (Å²) in [6.07, 6.45) is 2.83. The van der Waals surface area contributed by atoms with E-state index in [9.17, 15) is 9.90 Å². The van der Waals surface area contributed by atoms with Gasteiger partial charge < -0.3 is 20.1 Å². The maximum Gasteiger partial charge on any atom is 0.259 e. The second-order valence-corrected chi connectivity index (χ2v) is 6.59. The van der Waals surface area contributed by atoms with Gasteiger partial charge in [-0.1, -0.05) is 12.1 Å². The second-order valence-electron chi connectivity index (χ2n) is 6.59. The molecule has 0 saturated heterocycles. The maximum absolute atomic E-state index is 12.5. The number of benzene rings is 2. The number of likely N-dealkylation sites (N-methyl/N-ethyl adjacent to an activating group) is 1. The molecule has 1 amide bonds. The quantitative estimate of drug-likeness (QED) is 0.848. The van der Waals surface area contributed by atoms with Crippen LogP contribution in [0.1, 0.15) is 27.9 Å². The summed E-state index contributed by atoms with van der Waals surface area (Å²) < 4.78 is 5.69. The fourth-order valence-corrected chi connectivity index (χ4v) is 3.04. The summed E-state index contributed by atoms with van der Waals surface area (Å²) in [5.41, 5.74) is 3.02. The van der Waals surface area contributed by atoms with Gasteiger partial charge in [0.15, 0.2) is 0 Å². The number of phenols is 1. The Kier molecular flexibility index (Phi) is 5.24. The van der Waals surface area contributed by atoms with Crippen molar-refractivity contribution in [2.45, 2.75) is 19.3 Å². The number of aryl methyl sites for hydroxylation is 1. The van der Waals surface area contributed by atoms with Gasteiger partial charge in [-0.3, -0.25) is 4.79 Å². The van der Waals surface area contributed by atoms with Gasteiger partial charge in [0.2, 0.25) is 0 Å². The van der Waals surface area contributed by atoms with E-state index in [-0.39, 0.29) is 11.7 Å². The Hall–Kier alpha value is -2.53. The van der Waals surface area contributed by atoms with Crippen LogP contribution < -0.4 is 10.1 Å². The Morgan fingerprint density at radius 2 is 2.08 bits per heavy atom. The predicted molar refractivity (Wildman–Crippen MR) is 98.6 cm³/mol. The highest BCUT2D eigenvalue weighted by molar-refractivity contribution is 6.06. The van der Waals surface area contributed by atoms with Crippen molar-refractivity contribution in [3.05, 3.63) is 53.1 Å². The molecule has 1 aliphatic carbocycles. The molecular formula is C20H24N2O3. The lowest BCUT2D eigenvalue weighted by Gasteiger charge is -2.13. The van der Waals surface area contributed by atoms with Gasteiger partial charge in [0.1, 0.15) is 18.1 Å². The van der Waals surface area contributed by atoms with E-state index in [4.69, 9.17) is 4.74 Å². The van der Waals surface area contributed by atoms with Crippen molar-refractivity contribution in [1.82, 2.24) is 4.90 Å². The van der Waals surface area contributed by atoms with Crippen molar-refractivity contribution < 1.29 is 14.6 Å². The van der Waals surface area contributed by atoms with Gasteiger partial charge in [0.25, 0.3) is 5.91 Å². The Labute approximate surface area is 148 Å². The highest BCUT2D eigenvalue weighted by Gasteiger charge is 2.20. The van der Waals surface area contributed by atoms with Crippen LogP contribution in [0, 0.1) is 0 Å². The van der Waals surface area contributed by atoms with Gasteiger partial charge in [-0.05, 0) is 62.7 Å². The topological polar surface area (TPSA) is 61.8 Å². The molecule has 0 spiro atoms. The van der Waals surface area contributed by atoms with E-state index in [1.54, 1.807) is 18.2 Å². The van der Waals surface area contributed by atoms with Crippen molar-refractivity contribution in [3.8, 4) is 11.5 Å². The Morgan fingerprint density at radius 1 is 1.24 bits per heavy atom. The van der Waals surface area contributed by atoms with Crippen LogP contribution in [0.25, 0.3) is 0 Å². The molecule has 25 heavy (non-hydrogen) atoms. The molecule has 2 N–H and O–H groups in total. The first-order valence-corrected chi connectivity index (χ1v) is 8.57. The van der Waals surface area contributed by atoms with Crippen molar-refractivity contribution in [1.29, 1.82) is 0 Å². The summed E-state index contributed by atoms with van der Waals surface area (Å²) in [7, 11) is 3.98. The summed E-state index contributed by atoms with van der Waals surface area (Å²) in [4.78, 5) is 14.6. The minimum Gasteiger partial charge on any atom is -0.507 e. The number of nitrogens with zero attached hydrogens (tertiary/aromatic N) is 1. The van der Waals surface area contributed by atoms with Crippen LogP contribution in [0.2, 0.25) is 0 Å². The minimum absolute atomic E-state index is 0.117. The highest BCUT2D eigenvalue weighted by Crippen LogP contribution is 2.33. The summed E-state index contributed by atoms with van der Waals surface area (Å²) in [5.74, 6) is 0.515. The summed E-state index contributed by atoms with van der Waals surface area (Å²) in [6.45, 7) is 1.40. The molecule has 5 nitrogen and oxygen atoms in total. The number of anilines is 1. The number of nitrogens with one attached hydrogen (secondary N) is 1. The van der Waals surface area contributed by atoms with E-state index in [0.717, 1.165) is 36.9 Å². The largest absolute Gasteiger partial charge is 0.507 e. The van der Waals surface area contributed by atoms with Crippen molar-refractivity contribution in [3.63, 3.8) is 0 Å². The summed E-state index contributed by atoms with van der Waals surface area (Å²) in [5, 5.41) is 13.2. The number of phenolic OH excluding ortho intramolecular Hbond substituents is 1. The van der Waals surface area contributed by atoms with Gasteiger partial charge in [0.05, 0.1) is 5.56 Å². The Bertz CT molecular complexity index is 772. The normalized spacial score (nSPS) is 12.9. The van der Waals surface area contributed by atoms with Crippen molar-refractivity contribution in [2.24, 2.45) is 0 Å². The van der Waals surface area contributed by atoms with Crippen LogP contribution in [-0.2, 0) is 12.8 Å². The zero-order valence-electron chi connectivity index (χ0n) is 14.7. The lowest BCUT2D eigenvalue weighted by atomic mass is 10.0. The van der Waals surface area contributed by atoms with Crippen LogP contribution in [0.5, 0.6) is 11.5 Å². The molecule has 0 radical (unpaired) electrons. The van der Waals surface area contributed by atoms with E-state index in [1.165, 1.54) is 0 Å².